The highest BCUT2D eigenvalue weighted by Gasteiger charge is 2.25. The van der Waals surface area contributed by atoms with E-state index < -0.39 is 0 Å². The van der Waals surface area contributed by atoms with Crippen LogP contribution in [0.2, 0.25) is 0 Å². The first-order valence-corrected chi connectivity index (χ1v) is 10.3. The smallest absolute Gasteiger partial charge is 0.265 e. The van der Waals surface area contributed by atoms with Crippen LogP contribution in [-0.2, 0) is 4.79 Å². The average Bonchev–Trinajstić information content (AvgIpc) is 2.83. The van der Waals surface area contributed by atoms with E-state index >= 15 is 0 Å². The number of hydrogen-bond acceptors (Lipinski definition) is 5. The molecule has 0 fully saturated rings. The van der Waals surface area contributed by atoms with E-state index in [1.165, 1.54) is 0 Å². The minimum Gasteiger partial charge on any atom is -0.497 e. The topological polar surface area (TPSA) is 77.1 Å². The predicted molar refractivity (Wildman–Crippen MR) is 122 cm³/mol. The van der Waals surface area contributed by atoms with E-state index in [-0.39, 0.29) is 18.4 Å². The van der Waals surface area contributed by atoms with Gasteiger partial charge < -0.3 is 24.4 Å². The predicted octanol–water partition coefficient (Wildman–Crippen LogP) is 4.14. The molecule has 3 aromatic rings. The third-order valence-electron chi connectivity index (χ3n) is 5.05. The molecule has 7 heteroatoms. The number of amides is 2. The number of methoxy groups -OCH3 is 1. The number of fused-ring (bicyclic) bond motifs is 1. The van der Waals surface area contributed by atoms with E-state index in [2.05, 4.69) is 5.32 Å². The van der Waals surface area contributed by atoms with Crippen LogP contribution in [0, 0.1) is 0 Å². The minimum atomic E-state index is -0.241. The van der Waals surface area contributed by atoms with Crippen molar-refractivity contribution in [2.24, 2.45) is 0 Å². The molecule has 0 saturated heterocycles. The molecule has 0 aliphatic carbocycles. The highest BCUT2D eigenvalue weighted by atomic mass is 16.5. The largest absolute Gasteiger partial charge is 0.497 e. The maximum Gasteiger partial charge on any atom is 0.265 e. The zero-order valence-corrected chi connectivity index (χ0v) is 17.7. The van der Waals surface area contributed by atoms with Gasteiger partial charge in [-0.25, -0.2) is 0 Å². The van der Waals surface area contributed by atoms with Gasteiger partial charge in [0.15, 0.2) is 6.61 Å². The summed E-state index contributed by atoms with van der Waals surface area (Å²) >= 11 is 0. The maximum absolute atomic E-state index is 12.5. The monoisotopic (exact) mass is 432 g/mol. The molecule has 1 N–H and O–H groups in total. The Balaban J connectivity index is 1.38. The van der Waals surface area contributed by atoms with E-state index in [1.54, 1.807) is 54.5 Å². The molecule has 3 aromatic carbocycles. The lowest BCUT2D eigenvalue weighted by Gasteiger charge is -2.29. The molecule has 0 radical (unpaired) electrons. The van der Waals surface area contributed by atoms with Crippen molar-refractivity contribution < 1.29 is 23.8 Å². The summed E-state index contributed by atoms with van der Waals surface area (Å²) in [5.41, 5.74) is 1.79. The highest BCUT2D eigenvalue weighted by Crippen LogP contribution is 2.34. The number of benzene rings is 3. The van der Waals surface area contributed by atoms with Gasteiger partial charge in [0.25, 0.3) is 11.8 Å². The molecule has 7 nitrogen and oxygen atoms in total. The van der Waals surface area contributed by atoms with Gasteiger partial charge in [0.1, 0.15) is 17.2 Å². The molecule has 0 aromatic heterocycles. The third-order valence-corrected chi connectivity index (χ3v) is 5.05. The summed E-state index contributed by atoms with van der Waals surface area (Å²) in [6.45, 7) is 0.974. The van der Waals surface area contributed by atoms with E-state index in [0.717, 1.165) is 5.75 Å². The molecule has 1 aliphatic heterocycles. The van der Waals surface area contributed by atoms with Crippen LogP contribution in [0.1, 0.15) is 16.8 Å². The summed E-state index contributed by atoms with van der Waals surface area (Å²) in [5, 5.41) is 2.86. The van der Waals surface area contributed by atoms with Crippen LogP contribution in [0.4, 0.5) is 11.4 Å². The van der Waals surface area contributed by atoms with Crippen LogP contribution in [-0.4, -0.2) is 38.7 Å². The molecule has 0 saturated carbocycles. The van der Waals surface area contributed by atoms with Crippen molar-refractivity contribution in [1.29, 1.82) is 0 Å². The molecule has 2 amide bonds. The number of carbonyl (C=O) groups is 2. The number of anilines is 2. The van der Waals surface area contributed by atoms with Gasteiger partial charge in [-0.3, -0.25) is 9.59 Å². The zero-order valence-electron chi connectivity index (χ0n) is 17.7. The quantitative estimate of drug-likeness (QED) is 0.542. The Kier molecular flexibility index (Phi) is 6.55. The van der Waals surface area contributed by atoms with Crippen LogP contribution in [0.5, 0.6) is 17.2 Å². The molecule has 0 atom stereocenters. The summed E-state index contributed by atoms with van der Waals surface area (Å²) in [4.78, 5) is 26.6. The fourth-order valence-corrected chi connectivity index (χ4v) is 3.40. The lowest BCUT2D eigenvalue weighted by atomic mass is 10.1. The third kappa shape index (κ3) is 5.00. The Bertz CT molecular complexity index is 1080. The van der Waals surface area contributed by atoms with Gasteiger partial charge >= 0.3 is 0 Å². The number of ether oxygens (including phenoxy) is 3. The molecule has 1 aliphatic rings. The van der Waals surface area contributed by atoms with Crippen LogP contribution in [0.3, 0.4) is 0 Å². The number of carbonyl (C=O) groups excluding carboxylic acids is 2. The number of rotatable bonds is 8. The van der Waals surface area contributed by atoms with Crippen molar-refractivity contribution >= 4 is 23.2 Å². The van der Waals surface area contributed by atoms with Crippen molar-refractivity contribution in [3.63, 3.8) is 0 Å². The van der Waals surface area contributed by atoms with Crippen LogP contribution < -0.4 is 24.4 Å². The van der Waals surface area contributed by atoms with Gasteiger partial charge in [0.05, 0.1) is 19.4 Å². The Labute approximate surface area is 186 Å². The molecule has 164 valence electrons. The SMILES string of the molecule is COc1ccc(C(=O)Nc2ccc3c(c2)OCC(=O)N3CCCOc2ccccc2)cc1. The van der Waals surface area contributed by atoms with Crippen molar-refractivity contribution in [2.45, 2.75) is 6.42 Å². The van der Waals surface area contributed by atoms with Crippen molar-refractivity contribution in [3.05, 3.63) is 78.4 Å². The van der Waals surface area contributed by atoms with Gasteiger partial charge in [-0.05, 0) is 55.0 Å². The molecular formula is C25H24N2O5. The molecule has 4 rings (SSSR count). The van der Waals surface area contributed by atoms with Gasteiger partial charge in [0, 0.05) is 23.9 Å². The number of para-hydroxylation sites is 1. The van der Waals surface area contributed by atoms with Gasteiger partial charge in [-0.1, -0.05) is 18.2 Å². The number of nitrogens with zero attached hydrogens (tertiary/aromatic N) is 1. The van der Waals surface area contributed by atoms with E-state index in [0.29, 0.717) is 48.0 Å². The summed E-state index contributed by atoms with van der Waals surface area (Å²) in [5.74, 6) is 1.70. The van der Waals surface area contributed by atoms with Crippen molar-refractivity contribution in [1.82, 2.24) is 0 Å². The first kappa shape index (κ1) is 21.2. The Morgan fingerprint density at radius 1 is 1.03 bits per heavy atom. The molecule has 32 heavy (non-hydrogen) atoms. The normalized spacial score (nSPS) is 12.5. The summed E-state index contributed by atoms with van der Waals surface area (Å²) in [7, 11) is 1.58. The Morgan fingerprint density at radius 2 is 1.81 bits per heavy atom. The van der Waals surface area contributed by atoms with E-state index in [4.69, 9.17) is 14.2 Å². The average molecular weight is 432 g/mol. The number of hydrogen-bond donors (Lipinski definition) is 1. The van der Waals surface area contributed by atoms with Crippen molar-refractivity contribution in [2.75, 3.05) is 37.1 Å². The first-order chi connectivity index (χ1) is 15.6. The molecule has 0 unspecified atom stereocenters. The van der Waals surface area contributed by atoms with E-state index in [9.17, 15) is 9.59 Å². The Morgan fingerprint density at radius 3 is 2.56 bits per heavy atom. The van der Waals surface area contributed by atoms with Crippen molar-refractivity contribution in [3.8, 4) is 17.2 Å². The molecular weight excluding hydrogens is 408 g/mol. The highest BCUT2D eigenvalue weighted by molar-refractivity contribution is 6.05. The Hall–Kier alpha value is -4.00. The fraction of sp³-hybridized carbons (Fsp3) is 0.200. The minimum absolute atomic E-state index is 0.0393. The molecule has 1 heterocycles. The van der Waals surface area contributed by atoms with Gasteiger partial charge in [-0.2, -0.15) is 0 Å². The lowest BCUT2D eigenvalue weighted by Crippen LogP contribution is -2.39. The standard InChI is InChI=1S/C25H24N2O5/c1-30-20-11-8-18(9-12-20)25(29)26-19-10-13-22-23(16-19)32-17-24(28)27(22)14-5-15-31-21-6-3-2-4-7-21/h2-4,6-13,16H,5,14-15,17H2,1H3,(H,26,29). The number of nitrogens with one attached hydrogen (secondary N) is 1. The van der Waals surface area contributed by atoms with Crippen LogP contribution in [0.15, 0.2) is 72.8 Å². The van der Waals surface area contributed by atoms with Gasteiger partial charge in [-0.15, -0.1) is 0 Å². The zero-order chi connectivity index (χ0) is 22.3. The second-order valence-corrected chi connectivity index (χ2v) is 7.21. The summed E-state index contributed by atoms with van der Waals surface area (Å²) in [6, 6.07) is 21.7. The van der Waals surface area contributed by atoms with Crippen LogP contribution >= 0.6 is 0 Å². The molecule has 0 spiro atoms. The summed E-state index contributed by atoms with van der Waals surface area (Å²) < 4.78 is 16.4. The second kappa shape index (κ2) is 9.87. The fourth-order valence-electron chi connectivity index (χ4n) is 3.40. The van der Waals surface area contributed by atoms with Gasteiger partial charge in [0.2, 0.25) is 0 Å². The van der Waals surface area contributed by atoms with E-state index in [1.807, 2.05) is 30.3 Å². The lowest BCUT2D eigenvalue weighted by molar-refractivity contribution is -0.121. The molecule has 0 bridgehead atoms. The summed E-state index contributed by atoms with van der Waals surface area (Å²) in [6.07, 6.45) is 0.677. The van der Waals surface area contributed by atoms with Crippen LogP contribution in [0.25, 0.3) is 0 Å². The maximum atomic E-state index is 12.5. The second-order valence-electron chi connectivity index (χ2n) is 7.21. The first-order valence-electron chi connectivity index (χ1n) is 10.3.